The molecule has 44 valence electrons. The molecule has 4 heteroatoms. The fourth-order valence-corrected chi connectivity index (χ4v) is 1.47. The van der Waals surface area contributed by atoms with Gasteiger partial charge in [-0.05, 0) is 6.92 Å². The Kier molecular flexibility index (Phi) is 1.54. The highest BCUT2D eigenvalue weighted by Crippen LogP contribution is 2.22. The van der Waals surface area contributed by atoms with E-state index in [2.05, 4.69) is 5.10 Å². The summed E-state index contributed by atoms with van der Waals surface area (Å²) < 4.78 is 2.62. The van der Waals surface area contributed by atoms with Gasteiger partial charge in [-0.15, -0.1) is 0 Å². The summed E-state index contributed by atoms with van der Waals surface area (Å²) in [6.07, 6.45) is 0. The molecule has 1 aromatic heterocycles. The maximum atomic E-state index is 5.69. The van der Waals surface area contributed by atoms with Crippen molar-refractivity contribution in [3.8, 4) is 0 Å². The van der Waals surface area contributed by atoms with E-state index in [0.29, 0.717) is 0 Å². The van der Waals surface area contributed by atoms with Crippen molar-refractivity contribution < 1.29 is 0 Å². The maximum Gasteiger partial charge on any atom is 0.109 e. The largest absolute Gasteiger partial charge is 0.249 e. The first-order valence-electron chi connectivity index (χ1n) is 2.23. The highest BCUT2D eigenvalue weighted by Gasteiger charge is 1.96. The van der Waals surface area contributed by atoms with Crippen LogP contribution in [0.4, 0.5) is 0 Å². The van der Waals surface area contributed by atoms with Gasteiger partial charge in [-0.2, -0.15) is 5.10 Å². The number of rotatable bonds is 0. The predicted octanol–water partition coefficient (Wildman–Crippen LogP) is 1.96. The Balaban J connectivity index is 3.14. The molecule has 0 bridgehead atoms. The first-order valence-corrected chi connectivity index (χ1v) is 3.46. The van der Waals surface area contributed by atoms with Crippen LogP contribution in [-0.2, 0) is 7.05 Å². The molecule has 0 saturated carbocycles. The number of aromatic nitrogens is 2. The van der Waals surface area contributed by atoms with E-state index in [1.807, 2.05) is 14.0 Å². The molecule has 0 aromatic carbocycles. The van der Waals surface area contributed by atoms with E-state index in [9.17, 15) is 0 Å². The fraction of sp³-hybridized carbons (Fsp3) is 0.500. The van der Waals surface area contributed by atoms with E-state index < -0.39 is 0 Å². The summed E-state index contributed by atoms with van der Waals surface area (Å²) in [5.41, 5.74) is 0.927. The number of halogens is 1. The Hall–Kier alpha value is -0.0700. The summed E-state index contributed by atoms with van der Waals surface area (Å²) in [5, 5.41) is 4.04. The molecule has 0 aliphatic carbocycles. The molecular formula is C4H6ClN2P. The Bertz CT molecular complexity index is 176. The molecule has 1 rings (SSSR count). The summed E-state index contributed by atoms with van der Waals surface area (Å²) in [6, 6.07) is 0. The van der Waals surface area contributed by atoms with Gasteiger partial charge < -0.3 is 0 Å². The quantitative estimate of drug-likeness (QED) is 0.550. The van der Waals surface area contributed by atoms with E-state index in [4.69, 9.17) is 11.6 Å². The highest BCUT2D eigenvalue weighted by molar-refractivity contribution is 7.30. The molecule has 0 amide bonds. The summed E-state index contributed by atoms with van der Waals surface area (Å²) >= 11 is 5.69. The maximum absolute atomic E-state index is 5.69. The lowest BCUT2D eigenvalue weighted by atomic mass is 10.6. The molecule has 0 N–H and O–H groups in total. The average Bonchev–Trinajstić information content (AvgIpc) is 1.85. The van der Waals surface area contributed by atoms with Gasteiger partial charge in [-0.1, -0.05) is 11.6 Å². The van der Waals surface area contributed by atoms with Gasteiger partial charge in [-0.3, -0.25) is 0 Å². The minimum Gasteiger partial charge on any atom is -0.249 e. The molecule has 1 aromatic rings. The third kappa shape index (κ3) is 1.01. The summed E-state index contributed by atoms with van der Waals surface area (Å²) in [7, 11) is 2.88. The SMILES string of the molecule is Cc1nn(C)pc1Cl. The van der Waals surface area contributed by atoms with Crippen LogP contribution in [0.25, 0.3) is 0 Å². The van der Waals surface area contributed by atoms with Gasteiger partial charge in [-0.25, -0.2) is 4.44 Å². The molecule has 0 spiro atoms. The first kappa shape index (κ1) is 6.06. The lowest BCUT2D eigenvalue weighted by Crippen LogP contribution is -1.83. The minimum atomic E-state index is 0.826. The summed E-state index contributed by atoms with van der Waals surface area (Å²) in [4.78, 5) is 0. The summed E-state index contributed by atoms with van der Waals surface area (Å²) in [5.74, 6) is 0. The van der Waals surface area contributed by atoms with Gasteiger partial charge in [0.05, 0.1) is 14.0 Å². The first-order chi connectivity index (χ1) is 3.70. The molecule has 0 radical (unpaired) electrons. The van der Waals surface area contributed by atoms with Gasteiger partial charge in [0.2, 0.25) is 0 Å². The number of hydrogen-bond donors (Lipinski definition) is 0. The van der Waals surface area contributed by atoms with Crippen LogP contribution in [0.15, 0.2) is 0 Å². The Morgan fingerprint density at radius 1 is 1.75 bits per heavy atom. The van der Waals surface area contributed by atoms with Crippen LogP contribution >= 0.6 is 20.0 Å². The fourth-order valence-electron chi connectivity index (χ4n) is 0.480. The molecule has 0 fully saturated rings. The van der Waals surface area contributed by atoms with Crippen molar-refractivity contribution in [2.75, 3.05) is 0 Å². The van der Waals surface area contributed by atoms with Crippen LogP contribution < -0.4 is 0 Å². The number of nitrogens with zero attached hydrogens (tertiary/aromatic N) is 2. The molecule has 0 aliphatic rings. The van der Waals surface area contributed by atoms with Crippen LogP contribution in [-0.4, -0.2) is 9.54 Å². The van der Waals surface area contributed by atoms with E-state index >= 15 is 0 Å². The zero-order chi connectivity index (χ0) is 6.15. The zero-order valence-electron chi connectivity index (χ0n) is 4.72. The molecule has 0 atom stereocenters. The monoisotopic (exact) mass is 148 g/mol. The Labute approximate surface area is 54.6 Å². The smallest absolute Gasteiger partial charge is 0.109 e. The van der Waals surface area contributed by atoms with Gasteiger partial charge >= 0.3 is 0 Å². The van der Waals surface area contributed by atoms with E-state index in [0.717, 1.165) is 18.8 Å². The molecule has 0 aliphatic heterocycles. The van der Waals surface area contributed by atoms with Crippen LogP contribution in [0, 0.1) is 6.92 Å². The third-order valence-corrected chi connectivity index (χ3v) is 2.20. The summed E-state index contributed by atoms with van der Waals surface area (Å²) in [6.45, 7) is 1.90. The molecule has 0 saturated heterocycles. The van der Waals surface area contributed by atoms with E-state index in [1.165, 1.54) is 0 Å². The standard InChI is InChI=1S/C4H6ClN2P/c1-3-4(5)8-7(2)6-3/h1-2H3. The van der Waals surface area contributed by atoms with E-state index in [1.54, 1.807) is 4.44 Å². The Morgan fingerprint density at radius 3 is 2.50 bits per heavy atom. The zero-order valence-corrected chi connectivity index (χ0v) is 6.37. The lowest BCUT2D eigenvalue weighted by Gasteiger charge is -1.78. The highest BCUT2D eigenvalue weighted by atomic mass is 35.5. The van der Waals surface area contributed by atoms with Gasteiger partial charge in [0.25, 0.3) is 0 Å². The normalized spacial score (nSPS) is 10.9. The molecule has 1 heterocycles. The molecule has 8 heavy (non-hydrogen) atoms. The van der Waals surface area contributed by atoms with Crippen molar-refractivity contribution in [2.45, 2.75) is 6.92 Å². The van der Waals surface area contributed by atoms with Crippen molar-refractivity contribution in [1.82, 2.24) is 9.54 Å². The second-order valence-electron chi connectivity index (χ2n) is 1.57. The molecule has 0 unspecified atom stereocenters. The van der Waals surface area contributed by atoms with Gasteiger partial charge in [0.1, 0.15) is 4.75 Å². The molecule has 2 nitrogen and oxygen atoms in total. The second-order valence-corrected chi connectivity index (χ2v) is 3.43. The third-order valence-electron chi connectivity index (χ3n) is 0.826. The number of hydrogen-bond acceptors (Lipinski definition) is 1. The van der Waals surface area contributed by atoms with Crippen LogP contribution in [0.3, 0.4) is 0 Å². The van der Waals surface area contributed by atoms with Crippen LogP contribution in [0.2, 0.25) is 4.75 Å². The topological polar surface area (TPSA) is 17.8 Å². The number of aryl methyl sites for hydroxylation is 2. The second kappa shape index (κ2) is 2.04. The van der Waals surface area contributed by atoms with Gasteiger partial charge in [0, 0.05) is 7.05 Å². The van der Waals surface area contributed by atoms with Crippen molar-refractivity contribution in [3.63, 3.8) is 0 Å². The lowest BCUT2D eigenvalue weighted by molar-refractivity contribution is 0.824. The van der Waals surface area contributed by atoms with Crippen molar-refractivity contribution in [2.24, 2.45) is 7.05 Å². The van der Waals surface area contributed by atoms with Gasteiger partial charge in [0.15, 0.2) is 0 Å². The van der Waals surface area contributed by atoms with Crippen molar-refractivity contribution in [3.05, 3.63) is 10.4 Å². The van der Waals surface area contributed by atoms with Crippen molar-refractivity contribution in [1.29, 1.82) is 0 Å². The van der Waals surface area contributed by atoms with Crippen molar-refractivity contribution >= 4 is 20.0 Å². The van der Waals surface area contributed by atoms with Crippen LogP contribution in [0.1, 0.15) is 5.69 Å². The minimum absolute atomic E-state index is 0.826. The predicted molar refractivity (Wildman–Crippen MR) is 35.5 cm³/mol. The molecular weight excluding hydrogens is 142 g/mol. The average molecular weight is 149 g/mol. The van der Waals surface area contributed by atoms with E-state index in [-0.39, 0.29) is 0 Å². The Morgan fingerprint density at radius 2 is 2.38 bits per heavy atom. The van der Waals surface area contributed by atoms with Crippen LogP contribution in [0.5, 0.6) is 0 Å².